The van der Waals surface area contributed by atoms with Crippen LogP contribution in [-0.2, 0) is 9.47 Å². The molecule has 2 heterocycles. The number of amides is 1. The molecule has 3 atom stereocenters. The zero-order chi connectivity index (χ0) is 20.9. The molecule has 0 N–H and O–H groups in total. The summed E-state index contributed by atoms with van der Waals surface area (Å²) < 4.78 is 10.3. The van der Waals surface area contributed by atoms with E-state index >= 15 is 0 Å². The maximum Gasteiger partial charge on any atom is 0.410 e. The van der Waals surface area contributed by atoms with Crippen LogP contribution in [0.1, 0.15) is 51.5 Å². The van der Waals surface area contributed by atoms with Gasteiger partial charge in [0.25, 0.3) is 0 Å². The second kappa shape index (κ2) is 7.06. The summed E-state index contributed by atoms with van der Waals surface area (Å²) >= 11 is 6.34. The summed E-state index contributed by atoms with van der Waals surface area (Å²) in [5.41, 5.74) is -0.790. The predicted octanol–water partition coefficient (Wildman–Crippen LogP) is 3.14. The van der Waals surface area contributed by atoms with Crippen LogP contribution in [0.3, 0.4) is 0 Å². The molecule has 2 aliphatic rings. The summed E-state index contributed by atoms with van der Waals surface area (Å²) in [6, 6.07) is -0.0401. The Morgan fingerprint density at radius 3 is 2.46 bits per heavy atom. The lowest BCUT2D eigenvalue weighted by Gasteiger charge is -2.47. The molecular formula is C19H27ClN4O4. The Labute approximate surface area is 170 Å². The van der Waals surface area contributed by atoms with Gasteiger partial charge in [-0.25, -0.2) is 19.6 Å². The second-order valence-electron chi connectivity index (χ2n) is 8.64. The number of rotatable bonds is 2. The van der Waals surface area contributed by atoms with Gasteiger partial charge in [0, 0.05) is 19.1 Å². The van der Waals surface area contributed by atoms with Crippen molar-refractivity contribution in [3.8, 4) is 0 Å². The molecule has 1 aromatic rings. The van der Waals surface area contributed by atoms with Gasteiger partial charge in [-0.3, -0.25) is 4.90 Å². The van der Waals surface area contributed by atoms with Crippen molar-refractivity contribution in [2.75, 3.05) is 25.1 Å². The molecule has 1 aliphatic heterocycles. The van der Waals surface area contributed by atoms with E-state index in [1.54, 1.807) is 0 Å². The summed E-state index contributed by atoms with van der Waals surface area (Å²) in [6.45, 7) is 10.8. The molecule has 154 valence electrons. The van der Waals surface area contributed by atoms with Crippen LogP contribution < -0.4 is 4.90 Å². The van der Waals surface area contributed by atoms with E-state index in [2.05, 4.69) is 26.5 Å². The van der Waals surface area contributed by atoms with Gasteiger partial charge < -0.3 is 14.4 Å². The third kappa shape index (κ3) is 3.74. The van der Waals surface area contributed by atoms with E-state index in [1.165, 1.54) is 13.3 Å². The highest BCUT2D eigenvalue weighted by Gasteiger charge is 2.61. The minimum absolute atomic E-state index is 0.0401. The number of carbonyl (C=O) groups excluding carboxylic acids is 2. The third-order valence-electron chi connectivity index (χ3n) is 5.37. The molecule has 1 amide bonds. The molecule has 0 bridgehead atoms. The van der Waals surface area contributed by atoms with E-state index in [9.17, 15) is 9.59 Å². The number of carbonyl (C=O) groups is 2. The number of halogens is 1. The molecule has 3 rings (SSSR count). The van der Waals surface area contributed by atoms with Gasteiger partial charge in [-0.15, -0.1) is 0 Å². The Hall–Kier alpha value is -2.09. The fraction of sp³-hybridized carbons (Fsp3) is 0.684. The standard InChI is InChI=1S/C19H27ClN4O4/c1-11-7-19(11)10-23(12(2)9-24(19)17(26)28-18(3,4)5)15-14(20)22-13(8-21-15)16(25)27-6/h8,11-12H,7,9-10H2,1-6H3/t11?,12-,19?/m1/s1. The fourth-order valence-corrected chi connectivity index (χ4v) is 4.01. The first kappa shape index (κ1) is 20.6. The van der Waals surface area contributed by atoms with Crippen LogP contribution in [0.4, 0.5) is 10.6 Å². The summed E-state index contributed by atoms with van der Waals surface area (Å²) in [7, 11) is 1.28. The molecule has 0 radical (unpaired) electrons. The minimum atomic E-state index is -0.587. The molecule has 28 heavy (non-hydrogen) atoms. The molecule has 1 saturated carbocycles. The van der Waals surface area contributed by atoms with Crippen molar-refractivity contribution in [2.45, 2.75) is 58.2 Å². The van der Waals surface area contributed by atoms with Crippen LogP contribution in [0.5, 0.6) is 0 Å². The van der Waals surface area contributed by atoms with Crippen LogP contribution >= 0.6 is 11.6 Å². The van der Waals surface area contributed by atoms with E-state index in [0.29, 0.717) is 24.8 Å². The molecule has 0 aromatic carbocycles. The van der Waals surface area contributed by atoms with Crippen molar-refractivity contribution in [2.24, 2.45) is 5.92 Å². The molecule has 2 unspecified atom stereocenters. The lowest BCUT2D eigenvalue weighted by Crippen LogP contribution is -2.62. The predicted molar refractivity (Wildman–Crippen MR) is 105 cm³/mol. The number of esters is 1. The Morgan fingerprint density at radius 1 is 1.32 bits per heavy atom. The molecular weight excluding hydrogens is 384 g/mol. The number of anilines is 1. The van der Waals surface area contributed by atoms with Crippen LogP contribution in [0.2, 0.25) is 5.15 Å². The molecule has 8 nitrogen and oxygen atoms in total. The van der Waals surface area contributed by atoms with E-state index in [0.717, 1.165) is 6.42 Å². The average molecular weight is 411 g/mol. The van der Waals surface area contributed by atoms with Gasteiger partial charge in [0.15, 0.2) is 16.7 Å². The number of nitrogens with zero attached hydrogens (tertiary/aromatic N) is 4. The maximum atomic E-state index is 12.8. The maximum absolute atomic E-state index is 12.8. The van der Waals surface area contributed by atoms with E-state index in [-0.39, 0.29) is 28.5 Å². The van der Waals surface area contributed by atoms with E-state index in [1.807, 2.05) is 32.6 Å². The summed E-state index contributed by atoms with van der Waals surface area (Å²) in [5, 5.41) is 0.143. The number of hydrogen-bond acceptors (Lipinski definition) is 7. The lowest BCUT2D eigenvalue weighted by atomic mass is 10.0. The fourth-order valence-electron chi connectivity index (χ4n) is 3.76. The van der Waals surface area contributed by atoms with Crippen molar-refractivity contribution in [1.82, 2.24) is 14.9 Å². The Balaban J connectivity index is 1.85. The van der Waals surface area contributed by atoms with Crippen LogP contribution in [0, 0.1) is 5.92 Å². The van der Waals surface area contributed by atoms with Crippen molar-refractivity contribution in [3.05, 3.63) is 17.0 Å². The quantitative estimate of drug-likeness (QED) is 0.692. The van der Waals surface area contributed by atoms with Gasteiger partial charge in [0.1, 0.15) is 5.60 Å². The van der Waals surface area contributed by atoms with Gasteiger partial charge >= 0.3 is 12.1 Å². The number of ether oxygens (including phenoxy) is 2. The van der Waals surface area contributed by atoms with Crippen molar-refractivity contribution in [3.63, 3.8) is 0 Å². The normalized spacial score (nSPS) is 27.0. The van der Waals surface area contributed by atoms with Crippen LogP contribution in [0.15, 0.2) is 6.20 Å². The van der Waals surface area contributed by atoms with Crippen LogP contribution in [0.25, 0.3) is 0 Å². The SMILES string of the molecule is COC(=O)c1cnc(N2CC3(CC3C)N(C(=O)OC(C)(C)C)C[C@H]2C)c(Cl)n1. The first-order chi connectivity index (χ1) is 13.0. The highest BCUT2D eigenvalue weighted by Crippen LogP contribution is 2.52. The van der Waals surface area contributed by atoms with Crippen molar-refractivity contribution < 1.29 is 19.1 Å². The number of methoxy groups -OCH3 is 1. The zero-order valence-corrected chi connectivity index (χ0v) is 17.9. The van der Waals surface area contributed by atoms with Crippen molar-refractivity contribution >= 4 is 29.5 Å². The second-order valence-corrected chi connectivity index (χ2v) is 9.00. The third-order valence-corrected chi connectivity index (χ3v) is 5.62. The Bertz CT molecular complexity index is 797. The summed E-state index contributed by atoms with van der Waals surface area (Å²) in [5.74, 6) is 0.260. The summed E-state index contributed by atoms with van der Waals surface area (Å²) in [4.78, 5) is 36.9. The van der Waals surface area contributed by atoms with Gasteiger partial charge in [0.05, 0.1) is 18.8 Å². The average Bonchev–Trinajstić information content (AvgIpc) is 3.24. The van der Waals surface area contributed by atoms with Crippen LogP contribution in [-0.4, -0.2) is 64.3 Å². The van der Waals surface area contributed by atoms with Crippen molar-refractivity contribution in [1.29, 1.82) is 0 Å². The summed E-state index contributed by atoms with van der Waals surface area (Å²) in [6.07, 6.45) is 1.96. The molecule has 1 aliphatic carbocycles. The Kier molecular flexibility index (Phi) is 5.20. The van der Waals surface area contributed by atoms with Gasteiger partial charge in [-0.05, 0) is 40.0 Å². The van der Waals surface area contributed by atoms with Gasteiger partial charge in [-0.1, -0.05) is 18.5 Å². The Morgan fingerprint density at radius 2 is 1.96 bits per heavy atom. The molecule has 1 spiro atoms. The smallest absolute Gasteiger partial charge is 0.410 e. The number of piperazine rings is 1. The zero-order valence-electron chi connectivity index (χ0n) is 17.2. The largest absolute Gasteiger partial charge is 0.464 e. The highest BCUT2D eigenvalue weighted by molar-refractivity contribution is 6.31. The lowest BCUT2D eigenvalue weighted by molar-refractivity contribution is 0.00518. The van der Waals surface area contributed by atoms with Gasteiger partial charge in [-0.2, -0.15) is 0 Å². The molecule has 1 aromatic heterocycles. The molecule has 9 heteroatoms. The first-order valence-corrected chi connectivity index (χ1v) is 9.74. The van der Waals surface area contributed by atoms with E-state index < -0.39 is 11.6 Å². The van der Waals surface area contributed by atoms with E-state index in [4.69, 9.17) is 16.3 Å². The minimum Gasteiger partial charge on any atom is -0.464 e. The monoisotopic (exact) mass is 410 g/mol. The molecule has 2 fully saturated rings. The first-order valence-electron chi connectivity index (χ1n) is 9.36. The molecule has 1 saturated heterocycles. The number of hydrogen-bond donors (Lipinski definition) is 0. The highest BCUT2D eigenvalue weighted by atomic mass is 35.5. The number of aromatic nitrogens is 2. The topological polar surface area (TPSA) is 84.9 Å². The van der Waals surface area contributed by atoms with Gasteiger partial charge in [0.2, 0.25) is 0 Å².